The van der Waals surface area contributed by atoms with E-state index in [1.165, 1.54) is 16.9 Å². The number of nitrogens with one attached hydrogen (secondary N) is 1. The van der Waals surface area contributed by atoms with Gasteiger partial charge in [-0.05, 0) is 23.3 Å². The van der Waals surface area contributed by atoms with E-state index in [4.69, 9.17) is 0 Å². The Morgan fingerprint density at radius 2 is 1.76 bits per heavy atom. The van der Waals surface area contributed by atoms with Crippen molar-refractivity contribution in [2.24, 2.45) is 0 Å². The smallest absolute Gasteiger partial charge is 0.230 e. The highest BCUT2D eigenvalue weighted by Gasteiger charge is 2.08. The van der Waals surface area contributed by atoms with Gasteiger partial charge in [0.2, 0.25) is 5.91 Å². The maximum atomic E-state index is 12.2. The van der Waals surface area contributed by atoms with Gasteiger partial charge in [-0.3, -0.25) is 4.79 Å². The molecule has 0 atom stereocenters. The highest BCUT2D eigenvalue weighted by Crippen LogP contribution is 2.21. The van der Waals surface area contributed by atoms with Crippen molar-refractivity contribution in [2.75, 3.05) is 24.3 Å². The average molecular weight is 351 g/mol. The van der Waals surface area contributed by atoms with E-state index in [9.17, 15) is 4.79 Å². The van der Waals surface area contributed by atoms with Gasteiger partial charge in [0, 0.05) is 37.3 Å². The normalized spacial score (nSPS) is 10.5. The summed E-state index contributed by atoms with van der Waals surface area (Å²) in [5, 5.41) is 3.55. The number of thiazole rings is 1. The number of hydrogen-bond acceptors (Lipinski definition) is 4. The minimum absolute atomic E-state index is 0.0433. The maximum absolute atomic E-state index is 12.2. The number of carbonyl (C=O) groups excluding carboxylic acids is 1. The van der Waals surface area contributed by atoms with Crippen molar-refractivity contribution in [3.63, 3.8) is 0 Å². The van der Waals surface area contributed by atoms with Gasteiger partial charge in [0.1, 0.15) is 0 Å². The summed E-state index contributed by atoms with van der Waals surface area (Å²) in [6.45, 7) is 0. The second-order valence-electron chi connectivity index (χ2n) is 6.08. The molecule has 1 N–H and O–H groups in total. The minimum Gasteiger partial charge on any atom is -0.378 e. The predicted molar refractivity (Wildman–Crippen MR) is 104 cm³/mol. The van der Waals surface area contributed by atoms with Crippen molar-refractivity contribution in [3.05, 3.63) is 76.8 Å². The van der Waals surface area contributed by atoms with Crippen molar-refractivity contribution >= 4 is 28.1 Å². The molecule has 0 bridgehead atoms. The summed E-state index contributed by atoms with van der Waals surface area (Å²) in [5.41, 5.74) is 3.35. The first-order chi connectivity index (χ1) is 12.1. The Labute approximate surface area is 152 Å². The number of nitrogens with zero attached hydrogens (tertiary/aromatic N) is 2. The molecule has 1 heterocycles. The van der Waals surface area contributed by atoms with Crippen LogP contribution in [0.1, 0.15) is 16.0 Å². The second-order valence-corrected chi connectivity index (χ2v) is 7.20. The van der Waals surface area contributed by atoms with Crippen LogP contribution >= 0.6 is 11.3 Å². The molecule has 3 rings (SSSR count). The molecule has 0 aliphatic carbocycles. The molecule has 1 aromatic heterocycles. The Hall–Kier alpha value is -2.66. The van der Waals surface area contributed by atoms with E-state index in [2.05, 4.69) is 22.4 Å². The molecule has 25 heavy (non-hydrogen) atoms. The topological polar surface area (TPSA) is 45.2 Å². The molecule has 0 saturated carbocycles. The van der Waals surface area contributed by atoms with Gasteiger partial charge in [0.15, 0.2) is 5.13 Å². The Morgan fingerprint density at radius 1 is 1.04 bits per heavy atom. The van der Waals surface area contributed by atoms with Crippen molar-refractivity contribution in [2.45, 2.75) is 12.8 Å². The first kappa shape index (κ1) is 17.2. The molecule has 0 aliphatic rings. The number of amides is 1. The van der Waals surface area contributed by atoms with Crippen molar-refractivity contribution < 1.29 is 4.79 Å². The minimum atomic E-state index is -0.0433. The number of hydrogen-bond donors (Lipinski definition) is 1. The summed E-state index contributed by atoms with van der Waals surface area (Å²) in [4.78, 5) is 19.7. The Kier molecular flexibility index (Phi) is 5.46. The molecule has 5 heteroatoms. The lowest BCUT2D eigenvalue weighted by molar-refractivity contribution is -0.115. The largest absolute Gasteiger partial charge is 0.378 e. The summed E-state index contributed by atoms with van der Waals surface area (Å²) in [6.07, 6.45) is 3.01. The molecule has 128 valence electrons. The molecule has 0 unspecified atom stereocenters. The van der Waals surface area contributed by atoms with Crippen LogP contribution in [0.25, 0.3) is 0 Å². The molecular weight excluding hydrogens is 330 g/mol. The van der Waals surface area contributed by atoms with E-state index >= 15 is 0 Å². The van der Waals surface area contributed by atoms with Gasteiger partial charge in [-0.1, -0.05) is 42.5 Å². The molecule has 0 radical (unpaired) electrons. The molecule has 0 saturated heterocycles. The lowest BCUT2D eigenvalue weighted by Gasteiger charge is -2.12. The average Bonchev–Trinajstić information content (AvgIpc) is 3.03. The quantitative estimate of drug-likeness (QED) is 0.730. The van der Waals surface area contributed by atoms with Gasteiger partial charge in [0.25, 0.3) is 0 Å². The lowest BCUT2D eigenvalue weighted by atomic mass is 10.1. The van der Waals surface area contributed by atoms with Gasteiger partial charge in [-0.2, -0.15) is 0 Å². The van der Waals surface area contributed by atoms with E-state index in [0.29, 0.717) is 11.6 Å². The molecule has 1 amide bonds. The van der Waals surface area contributed by atoms with E-state index < -0.39 is 0 Å². The van der Waals surface area contributed by atoms with Gasteiger partial charge in [-0.25, -0.2) is 4.98 Å². The Balaban J connectivity index is 1.56. The first-order valence-corrected chi connectivity index (χ1v) is 8.96. The third kappa shape index (κ3) is 4.90. The fraction of sp³-hybridized carbons (Fsp3) is 0.200. The second kappa shape index (κ2) is 7.94. The number of benzene rings is 2. The van der Waals surface area contributed by atoms with Crippen molar-refractivity contribution in [1.82, 2.24) is 4.98 Å². The summed E-state index contributed by atoms with van der Waals surface area (Å²) in [6, 6.07) is 18.3. The first-order valence-electron chi connectivity index (χ1n) is 8.15. The number of anilines is 2. The van der Waals surface area contributed by atoms with Crippen LogP contribution in [0.5, 0.6) is 0 Å². The molecule has 0 fully saturated rings. The van der Waals surface area contributed by atoms with Crippen molar-refractivity contribution in [3.8, 4) is 0 Å². The fourth-order valence-corrected chi connectivity index (χ4v) is 3.37. The molecule has 3 aromatic rings. The van der Waals surface area contributed by atoms with Crippen LogP contribution in [-0.4, -0.2) is 25.0 Å². The molecule has 0 aliphatic heterocycles. The van der Waals surface area contributed by atoms with Crippen LogP contribution in [-0.2, 0) is 17.6 Å². The summed E-state index contributed by atoms with van der Waals surface area (Å²) < 4.78 is 0. The maximum Gasteiger partial charge on any atom is 0.230 e. The monoisotopic (exact) mass is 351 g/mol. The highest BCUT2D eigenvalue weighted by molar-refractivity contribution is 7.15. The Bertz CT molecular complexity index is 826. The number of carbonyl (C=O) groups is 1. The van der Waals surface area contributed by atoms with Gasteiger partial charge in [-0.15, -0.1) is 11.3 Å². The van der Waals surface area contributed by atoms with Crippen LogP contribution in [0.15, 0.2) is 60.8 Å². The standard InChI is InChI=1S/C20H21N3OS/c1-23(2)17-10-8-16(9-11-17)13-19(24)22-20-21-14-18(25-20)12-15-6-4-3-5-7-15/h3-11,14H,12-13H2,1-2H3,(H,21,22,24). The zero-order valence-corrected chi connectivity index (χ0v) is 15.2. The SMILES string of the molecule is CN(C)c1ccc(CC(=O)Nc2ncc(Cc3ccccc3)s2)cc1. The van der Waals surface area contributed by atoms with Crippen LogP contribution in [0, 0.1) is 0 Å². The van der Waals surface area contributed by atoms with Gasteiger partial charge >= 0.3 is 0 Å². The predicted octanol–water partition coefficient (Wildman–Crippen LogP) is 3.98. The summed E-state index contributed by atoms with van der Waals surface area (Å²) >= 11 is 1.52. The zero-order valence-electron chi connectivity index (χ0n) is 14.4. The number of rotatable bonds is 6. The van der Waals surface area contributed by atoms with E-state index in [1.54, 1.807) is 0 Å². The van der Waals surface area contributed by atoms with E-state index in [-0.39, 0.29) is 5.91 Å². The summed E-state index contributed by atoms with van der Waals surface area (Å²) in [7, 11) is 3.99. The fourth-order valence-electron chi connectivity index (χ4n) is 2.50. The van der Waals surface area contributed by atoms with Crippen LogP contribution in [0.2, 0.25) is 0 Å². The lowest BCUT2D eigenvalue weighted by Crippen LogP contribution is -2.14. The van der Waals surface area contributed by atoms with Crippen LogP contribution in [0.3, 0.4) is 0 Å². The van der Waals surface area contributed by atoms with Gasteiger partial charge in [0.05, 0.1) is 6.42 Å². The molecule has 4 nitrogen and oxygen atoms in total. The van der Waals surface area contributed by atoms with Crippen molar-refractivity contribution in [1.29, 1.82) is 0 Å². The van der Waals surface area contributed by atoms with E-state index in [0.717, 1.165) is 22.5 Å². The van der Waals surface area contributed by atoms with Gasteiger partial charge < -0.3 is 10.2 Å². The van der Waals surface area contributed by atoms with Crippen LogP contribution in [0.4, 0.5) is 10.8 Å². The number of aromatic nitrogens is 1. The van der Waals surface area contributed by atoms with E-state index in [1.807, 2.05) is 67.7 Å². The summed E-state index contributed by atoms with van der Waals surface area (Å²) in [5.74, 6) is -0.0433. The zero-order chi connectivity index (χ0) is 17.6. The third-order valence-corrected chi connectivity index (χ3v) is 4.75. The van der Waals surface area contributed by atoms with Crippen LogP contribution < -0.4 is 10.2 Å². The highest BCUT2D eigenvalue weighted by atomic mass is 32.1. The molecule has 2 aromatic carbocycles. The molecular formula is C20H21N3OS. The molecule has 0 spiro atoms. The third-order valence-electron chi connectivity index (χ3n) is 3.84. The Morgan fingerprint density at radius 3 is 2.44 bits per heavy atom.